The van der Waals surface area contributed by atoms with Crippen molar-refractivity contribution >= 4 is 29.0 Å². The van der Waals surface area contributed by atoms with Gasteiger partial charge in [-0.15, -0.1) is 0 Å². The zero-order valence-corrected chi connectivity index (χ0v) is 17.0. The highest BCUT2D eigenvalue weighted by Crippen LogP contribution is 2.30. The van der Waals surface area contributed by atoms with Crippen LogP contribution in [0.15, 0.2) is 53.6 Å². The van der Waals surface area contributed by atoms with E-state index < -0.39 is 0 Å². The van der Waals surface area contributed by atoms with Gasteiger partial charge in [0.05, 0.1) is 10.9 Å². The Labute approximate surface area is 174 Å². The number of nitrogens with zero attached hydrogens (tertiary/aromatic N) is 2. The molecular formula is C22H24N4O2S. The summed E-state index contributed by atoms with van der Waals surface area (Å²) < 4.78 is 2.13. The van der Waals surface area contributed by atoms with Crippen LogP contribution in [0.5, 0.6) is 0 Å². The predicted molar refractivity (Wildman–Crippen MR) is 115 cm³/mol. The fourth-order valence-corrected chi connectivity index (χ4v) is 4.33. The average Bonchev–Trinajstić information content (AvgIpc) is 2.76. The molecule has 1 amide bonds. The van der Waals surface area contributed by atoms with E-state index in [2.05, 4.69) is 15.3 Å². The van der Waals surface area contributed by atoms with Crippen molar-refractivity contribution in [2.45, 2.75) is 38.8 Å². The van der Waals surface area contributed by atoms with Gasteiger partial charge in [0.25, 0.3) is 5.56 Å². The van der Waals surface area contributed by atoms with E-state index in [0.717, 1.165) is 36.8 Å². The Morgan fingerprint density at radius 1 is 1.17 bits per heavy atom. The number of para-hydroxylation sites is 1. The second kappa shape index (κ2) is 8.69. The van der Waals surface area contributed by atoms with E-state index in [9.17, 15) is 9.59 Å². The smallest absolute Gasteiger partial charge is 0.262 e. The van der Waals surface area contributed by atoms with Crippen molar-refractivity contribution in [1.29, 1.82) is 0 Å². The number of hydrogen-bond donors (Lipinski definition) is 2. The summed E-state index contributed by atoms with van der Waals surface area (Å²) in [7, 11) is 0. The summed E-state index contributed by atoms with van der Waals surface area (Å²) in [5.41, 5.74) is 1.73. The van der Waals surface area contributed by atoms with Gasteiger partial charge in [-0.1, -0.05) is 18.2 Å². The maximum atomic E-state index is 12.8. The Morgan fingerprint density at radius 3 is 2.72 bits per heavy atom. The molecular weight excluding hydrogens is 384 g/mol. The highest BCUT2D eigenvalue weighted by molar-refractivity contribution is 7.71. The number of hydrogen-bond acceptors (Lipinski definition) is 4. The first-order valence-electron chi connectivity index (χ1n) is 10.0. The van der Waals surface area contributed by atoms with Crippen molar-refractivity contribution < 1.29 is 4.79 Å². The van der Waals surface area contributed by atoms with E-state index in [1.54, 1.807) is 17.0 Å². The van der Waals surface area contributed by atoms with Crippen LogP contribution in [-0.2, 0) is 17.9 Å². The molecule has 1 aliphatic carbocycles. The van der Waals surface area contributed by atoms with Crippen LogP contribution >= 0.6 is 12.2 Å². The van der Waals surface area contributed by atoms with Gasteiger partial charge in [-0.2, -0.15) is 0 Å². The molecule has 0 unspecified atom stereocenters. The molecule has 4 rings (SSSR count). The first kappa shape index (κ1) is 19.5. The molecule has 3 aromatic rings. The van der Waals surface area contributed by atoms with E-state index in [-0.39, 0.29) is 17.4 Å². The standard InChI is InChI=1S/C22H24N4O2S/c27-20(24-13-16-4-3-11-23-12-16)17-9-7-15(8-10-17)14-26-21(28)18-5-1-2-6-19(18)25-22(26)29/h1-6,11-12,15,17H,7-10,13-14H2,(H,24,27)(H,25,29). The number of carbonyl (C=O) groups excluding carboxylic acids is 1. The number of aromatic amines is 1. The Bertz CT molecular complexity index is 1110. The largest absolute Gasteiger partial charge is 0.352 e. The van der Waals surface area contributed by atoms with Gasteiger partial charge < -0.3 is 10.3 Å². The normalized spacial score (nSPS) is 19.2. The molecule has 29 heavy (non-hydrogen) atoms. The number of carbonyl (C=O) groups is 1. The van der Waals surface area contributed by atoms with Crippen LogP contribution in [0.4, 0.5) is 0 Å². The third kappa shape index (κ3) is 4.45. The minimum Gasteiger partial charge on any atom is -0.352 e. The minimum absolute atomic E-state index is 0.0331. The third-order valence-electron chi connectivity index (χ3n) is 5.74. The van der Waals surface area contributed by atoms with Crippen LogP contribution in [0, 0.1) is 16.6 Å². The van der Waals surface area contributed by atoms with Gasteiger partial charge in [-0.3, -0.25) is 19.1 Å². The van der Waals surface area contributed by atoms with E-state index in [0.29, 0.717) is 29.2 Å². The predicted octanol–water partition coefficient (Wildman–Crippen LogP) is 3.58. The second-order valence-corrected chi connectivity index (χ2v) is 8.07. The van der Waals surface area contributed by atoms with Crippen molar-refractivity contribution in [2.75, 3.05) is 0 Å². The molecule has 1 aliphatic rings. The lowest BCUT2D eigenvalue weighted by Crippen LogP contribution is -2.34. The number of H-pyrrole nitrogens is 1. The summed E-state index contributed by atoms with van der Waals surface area (Å²) in [6, 6.07) is 11.3. The number of rotatable bonds is 5. The molecule has 0 radical (unpaired) electrons. The molecule has 1 fully saturated rings. The Kier molecular flexibility index (Phi) is 5.85. The van der Waals surface area contributed by atoms with E-state index in [1.165, 1.54) is 0 Å². The van der Waals surface area contributed by atoms with Crippen LogP contribution in [0.2, 0.25) is 0 Å². The average molecular weight is 409 g/mol. The van der Waals surface area contributed by atoms with Gasteiger partial charge in [0.1, 0.15) is 0 Å². The van der Waals surface area contributed by atoms with Crippen molar-refractivity contribution in [3.05, 3.63) is 69.5 Å². The number of aromatic nitrogens is 3. The van der Waals surface area contributed by atoms with Crippen LogP contribution in [0.3, 0.4) is 0 Å². The van der Waals surface area contributed by atoms with Gasteiger partial charge in [0.2, 0.25) is 5.91 Å². The van der Waals surface area contributed by atoms with Gasteiger partial charge in [0.15, 0.2) is 4.77 Å². The van der Waals surface area contributed by atoms with E-state index in [4.69, 9.17) is 12.2 Å². The molecule has 150 valence electrons. The summed E-state index contributed by atoms with van der Waals surface area (Å²) in [4.78, 5) is 32.5. The quantitative estimate of drug-likeness (QED) is 0.633. The van der Waals surface area contributed by atoms with Crippen molar-refractivity contribution in [2.24, 2.45) is 11.8 Å². The maximum Gasteiger partial charge on any atom is 0.262 e. The van der Waals surface area contributed by atoms with Gasteiger partial charge in [-0.05, 0) is 67.6 Å². The van der Waals surface area contributed by atoms with Crippen LogP contribution in [0.25, 0.3) is 10.9 Å². The van der Waals surface area contributed by atoms with Crippen molar-refractivity contribution in [3.8, 4) is 0 Å². The Morgan fingerprint density at radius 2 is 1.97 bits per heavy atom. The van der Waals surface area contributed by atoms with Gasteiger partial charge in [0, 0.05) is 31.4 Å². The number of nitrogens with one attached hydrogen (secondary N) is 2. The fourth-order valence-electron chi connectivity index (χ4n) is 4.07. The molecule has 0 atom stereocenters. The van der Waals surface area contributed by atoms with Gasteiger partial charge >= 0.3 is 0 Å². The molecule has 0 aliphatic heterocycles. The molecule has 2 heterocycles. The van der Waals surface area contributed by atoms with Crippen LogP contribution < -0.4 is 10.9 Å². The zero-order chi connectivity index (χ0) is 20.2. The molecule has 0 spiro atoms. The van der Waals surface area contributed by atoms with Crippen LogP contribution in [-0.4, -0.2) is 20.4 Å². The highest BCUT2D eigenvalue weighted by atomic mass is 32.1. The minimum atomic E-state index is -0.0410. The van der Waals surface area contributed by atoms with E-state index in [1.807, 2.05) is 36.4 Å². The molecule has 7 heteroatoms. The zero-order valence-electron chi connectivity index (χ0n) is 16.1. The second-order valence-electron chi connectivity index (χ2n) is 7.69. The number of fused-ring (bicyclic) bond motifs is 1. The molecule has 1 aromatic carbocycles. The molecule has 6 nitrogen and oxygen atoms in total. The summed E-state index contributed by atoms with van der Waals surface area (Å²) in [6.45, 7) is 1.11. The Hall–Kier alpha value is -2.80. The summed E-state index contributed by atoms with van der Waals surface area (Å²) in [5, 5.41) is 3.67. The highest BCUT2D eigenvalue weighted by Gasteiger charge is 2.26. The first-order chi connectivity index (χ1) is 14.1. The van der Waals surface area contributed by atoms with Gasteiger partial charge in [-0.25, -0.2) is 0 Å². The number of amides is 1. The monoisotopic (exact) mass is 408 g/mol. The molecule has 2 aromatic heterocycles. The Balaban J connectivity index is 1.36. The fraction of sp³-hybridized carbons (Fsp3) is 0.364. The lowest BCUT2D eigenvalue weighted by Gasteiger charge is -2.28. The summed E-state index contributed by atoms with van der Waals surface area (Å²) in [5.74, 6) is 0.490. The number of pyridine rings is 1. The molecule has 0 bridgehead atoms. The molecule has 2 N–H and O–H groups in total. The SMILES string of the molecule is O=C(NCc1cccnc1)C1CCC(Cn2c(=S)[nH]c3ccccc3c2=O)CC1. The van der Waals surface area contributed by atoms with Crippen LogP contribution in [0.1, 0.15) is 31.2 Å². The summed E-state index contributed by atoms with van der Waals surface area (Å²) >= 11 is 5.42. The molecule has 0 saturated heterocycles. The third-order valence-corrected chi connectivity index (χ3v) is 6.06. The lowest BCUT2D eigenvalue weighted by molar-refractivity contribution is -0.126. The van der Waals surface area contributed by atoms with Crippen molar-refractivity contribution in [3.63, 3.8) is 0 Å². The number of benzene rings is 1. The topological polar surface area (TPSA) is 79.8 Å². The lowest BCUT2D eigenvalue weighted by atomic mass is 9.81. The first-order valence-corrected chi connectivity index (χ1v) is 10.4. The maximum absolute atomic E-state index is 12.8. The summed E-state index contributed by atoms with van der Waals surface area (Å²) in [6.07, 6.45) is 6.99. The van der Waals surface area contributed by atoms with Crippen molar-refractivity contribution in [1.82, 2.24) is 19.9 Å². The van der Waals surface area contributed by atoms with E-state index >= 15 is 0 Å². The molecule has 1 saturated carbocycles.